The van der Waals surface area contributed by atoms with Crippen LogP contribution in [-0.2, 0) is 14.3 Å². The van der Waals surface area contributed by atoms with Gasteiger partial charge in [0.2, 0.25) is 5.91 Å². The Hall–Kier alpha value is -2.45. The Kier molecular flexibility index (Phi) is 4.60. The van der Waals surface area contributed by atoms with E-state index in [9.17, 15) is 9.59 Å². The predicted molar refractivity (Wildman–Crippen MR) is 96.8 cm³/mol. The van der Waals surface area contributed by atoms with Gasteiger partial charge < -0.3 is 15.4 Å². The van der Waals surface area contributed by atoms with Crippen LogP contribution in [0.4, 0.5) is 5.69 Å². The minimum Gasteiger partial charge on any atom is -0.380 e. The fraction of sp³-hybridized carbons (Fsp3) is 0.500. The highest BCUT2D eigenvalue weighted by molar-refractivity contribution is 6.00. The molecule has 2 fully saturated rings. The van der Waals surface area contributed by atoms with Gasteiger partial charge >= 0.3 is 0 Å². The zero-order valence-electron chi connectivity index (χ0n) is 14.7. The SMILES string of the molecule is CO[C@@H]1CNCC[C@H]1Nc1ccc2c(cnn2C2CCC(=O)NC2=O)c1. The van der Waals surface area contributed by atoms with Crippen LogP contribution in [0.1, 0.15) is 25.3 Å². The van der Waals surface area contributed by atoms with Gasteiger partial charge in [0, 0.05) is 31.1 Å². The summed E-state index contributed by atoms with van der Waals surface area (Å²) in [5.41, 5.74) is 1.90. The lowest BCUT2D eigenvalue weighted by Crippen LogP contribution is -2.48. The molecule has 0 spiro atoms. The summed E-state index contributed by atoms with van der Waals surface area (Å²) >= 11 is 0. The van der Waals surface area contributed by atoms with Crippen molar-refractivity contribution < 1.29 is 14.3 Å². The zero-order valence-corrected chi connectivity index (χ0v) is 14.7. The van der Waals surface area contributed by atoms with E-state index in [2.05, 4.69) is 21.0 Å². The number of hydrogen-bond acceptors (Lipinski definition) is 6. The third-order valence-corrected chi connectivity index (χ3v) is 5.18. The number of aromatic nitrogens is 2. The average molecular weight is 357 g/mol. The van der Waals surface area contributed by atoms with Crippen molar-refractivity contribution in [2.24, 2.45) is 0 Å². The third-order valence-electron chi connectivity index (χ3n) is 5.18. The number of amides is 2. The largest absolute Gasteiger partial charge is 0.380 e. The number of carbonyl (C=O) groups excluding carboxylic acids is 2. The number of ether oxygens (including phenoxy) is 1. The highest BCUT2D eigenvalue weighted by Crippen LogP contribution is 2.26. The van der Waals surface area contributed by atoms with Crippen LogP contribution in [0.2, 0.25) is 0 Å². The molecule has 2 aromatic rings. The minimum atomic E-state index is -0.439. The number of benzene rings is 1. The molecule has 26 heavy (non-hydrogen) atoms. The summed E-state index contributed by atoms with van der Waals surface area (Å²) in [6, 6.07) is 5.83. The molecule has 138 valence electrons. The first-order chi connectivity index (χ1) is 12.7. The summed E-state index contributed by atoms with van der Waals surface area (Å²) in [6.07, 6.45) is 3.70. The average Bonchev–Trinajstić information content (AvgIpc) is 3.05. The molecule has 0 saturated carbocycles. The van der Waals surface area contributed by atoms with Crippen molar-refractivity contribution in [3.8, 4) is 0 Å². The number of hydrogen-bond donors (Lipinski definition) is 3. The molecule has 4 rings (SSSR count). The number of anilines is 1. The molecule has 1 aromatic carbocycles. The van der Waals surface area contributed by atoms with Gasteiger partial charge in [0.05, 0.1) is 23.9 Å². The van der Waals surface area contributed by atoms with Crippen molar-refractivity contribution in [3.05, 3.63) is 24.4 Å². The lowest BCUT2D eigenvalue weighted by Gasteiger charge is -2.32. The quantitative estimate of drug-likeness (QED) is 0.701. The molecule has 3 atom stereocenters. The van der Waals surface area contributed by atoms with E-state index >= 15 is 0 Å². The number of imide groups is 1. The lowest BCUT2D eigenvalue weighted by molar-refractivity contribution is -0.135. The fourth-order valence-corrected chi connectivity index (χ4v) is 3.76. The van der Waals surface area contributed by atoms with Gasteiger partial charge in [-0.1, -0.05) is 0 Å². The maximum absolute atomic E-state index is 12.1. The Morgan fingerprint density at radius 2 is 2.19 bits per heavy atom. The van der Waals surface area contributed by atoms with E-state index < -0.39 is 6.04 Å². The van der Waals surface area contributed by atoms with Crippen molar-refractivity contribution in [1.82, 2.24) is 20.4 Å². The Labute approximate surface area is 151 Å². The highest BCUT2D eigenvalue weighted by atomic mass is 16.5. The van der Waals surface area contributed by atoms with E-state index in [0.29, 0.717) is 12.8 Å². The number of methoxy groups -OCH3 is 1. The number of carbonyl (C=O) groups is 2. The number of piperidine rings is 2. The van der Waals surface area contributed by atoms with Crippen LogP contribution in [0.3, 0.4) is 0 Å². The Morgan fingerprint density at radius 1 is 1.31 bits per heavy atom. The molecule has 1 aromatic heterocycles. The van der Waals surface area contributed by atoms with Crippen LogP contribution < -0.4 is 16.0 Å². The molecule has 2 saturated heterocycles. The van der Waals surface area contributed by atoms with E-state index in [-0.39, 0.29) is 24.0 Å². The maximum atomic E-state index is 12.1. The van der Waals surface area contributed by atoms with Gasteiger partial charge in [0.1, 0.15) is 6.04 Å². The number of nitrogens with one attached hydrogen (secondary N) is 3. The number of rotatable bonds is 4. The maximum Gasteiger partial charge on any atom is 0.251 e. The molecule has 1 unspecified atom stereocenters. The Morgan fingerprint density at radius 3 is 3.00 bits per heavy atom. The molecule has 0 bridgehead atoms. The van der Waals surface area contributed by atoms with Crippen molar-refractivity contribution in [2.45, 2.75) is 37.5 Å². The van der Waals surface area contributed by atoms with Gasteiger partial charge in [-0.25, -0.2) is 0 Å². The summed E-state index contributed by atoms with van der Waals surface area (Å²) in [5.74, 6) is -0.505. The molecule has 3 N–H and O–H groups in total. The fourth-order valence-electron chi connectivity index (χ4n) is 3.76. The summed E-state index contributed by atoms with van der Waals surface area (Å²) in [4.78, 5) is 23.5. The zero-order chi connectivity index (χ0) is 18.1. The summed E-state index contributed by atoms with van der Waals surface area (Å²) in [7, 11) is 1.74. The first-order valence-corrected chi connectivity index (χ1v) is 8.97. The third kappa shape index (κ3) is 3.17. The molecule has 2 aliphatic rings. The summed E-state index contributed by atoms with van der Waals surface area (Å²) in [6.45, 7) is 1.80. The Bertz CT molecular complexity index is 833. The van der Waals surface area contributed by atoms with Crippen LogP contribution in [0.5, 0.6) is 0 Å². The van der Waals surface area contributed by atoms with E-state index in [1.165, 1.54) is 0 Å². The van der Waals surface area contributed by atoms with Crippen LogP contribution in [0.25, 0.3) is 10.9 Å². The number of nitrogens with zero attached hydrogens (tertiary/aromatic N) is 2. The van der Waals surface area contributed by atoms with Gasteiger partial charge in [0.25, 0.3) is 5.91 Å². The molecule has 8 nitrogen and oxygen atoms in total. The molecule has 8 heteroatoms. The van der Waals surface area contributed by atoms with E-state index in [1.807, 2.05) is 18.2 Å². The smallest absolute Gasteiger partial charge is 0.251 e. The lowest BCUT2D eigenvalue weighted by atomic mass is 10.0. The van der Waals surface area contributed by atoms with Crippen molar-refractivity contribution in [1.29, 1.82) is 0 Å². The van der Waals surface area contributed by atoms with Crippen LogP contribution >= 0.6 is 0 Å². The Balaban J connectivity index is 1.55. The molecule has 0 radical (unpaired) electrons. The standard InChI is InChI=1S/C18H23N5O3/c1-26-16-10-19-7-6-13(16)21-12-2-3-14-11(8-12)9-20-23(14)15-4-5-17(24)22-18(15)25/h2-3,8-9,13,15-16,19,21H,4-7,10H2,1H3,(H,22,24,25)/t13-,15?,16-/m1/s1. The van der Waals surface area contributed by atoms with E-state index in [1.54, 1.807) is 18.0 Å². The molecule has 2 aliphatic heterocycles. The van der Waals surface area contributed by atoms with Gasteiger partial charge in [-0.15, -0.1) is 0 Å². The van der Waals surface area contributed by atoms with Crippen LogP contribution in [-0.4, -0.2) is 53.9 Å². The minimum absolute atomic E-state index is 0.130. The van der Waals surface area contributed by atoms with Gasteiger partial charge in [-0.05, 0) is 37.6 Å². The van der Waals surface area contributed by atoms with Crippen molar-refractivity contribution >= 4 is 28.4 Å². The number of fused-ring (bicyclic) bond motifs is 1. The summed E-state index contributed by atoms with van der Waals surface area (Å²) in [5, 5.41) is 14.6. The molecule has 2 amide bonds. The van der Waals surface area contributed by atoms with Crippen LogP contribution in [0, 0.1) is 0 Å². The van der Waals surface area contributed by atoms with Crippen molar-refractivity contribution in [2.75, 3.05) is 25.5 Å². The molecular weight excluding hydrogens is 334 g/mol. The second-order valence-corrected chi connectivity index (χ2v) is 6.85. The topological polar surface area (TPSA) is 97.3 Å². The van der Waals surface area contributed by atoms with Gasteiger partial charge in [-0.2, -0.15) is 5.10 Å². The molecular formula is C18H23N5O3. The predicted octanol–water partition coefficient (Wildman–Crippen LogP) is 0.803. The van der Waals surface area contributed by atoms with Crippen LogP contribution in [0.15, 0.2) is 24.4 Å². The monoisotopic (exact) mass is 357 g/mol. The van der Waals surface area contributed by atoms with Gasteiger partial charge in [0.15, 0.2) is 0 Å². The first kappa shape index (κ1) is 17.0. The molecule has 3 heterocycles. The van der Waals surface area contributed by atoms with Crippen molar-refractivity contribution in [3.63, 3.8) is 0 Å². The molecule has 0 aliphatic carbocycles. The van der Waals surface area contributed by atoms with E-state index in [4.69, 9.17) is 4.74 Å². The first-order valence-electron chi connectivity index (χ1n) is 8.97. The summed E-state index contributed by atoms with van der Waals surface area (Å²) < 4.78 is 7.27. The second-order valence-electron chi connectivity index (χ2n) is 6.85. The van der Waals surface area contributed by atoms with Gasteiger partial charge in [-0.3, -0.25) is 19.6 Å². The second kappa shape index (κ2) is 7.05. The van der Waals surface area contributed by atoms with E-state index in [0.717, 1.165) is 36.1 Å². The highest BCUT2D eigenvalue weighted by Gasteiger charge is 2.30. The normalized spacial score (nSPS) is 26.7.